The molecule has 25 heavy (non-hydrogen) atoms. The number of rotatable bonds is 5. The van der Waals surface area contributed by atoms with Crippen LogP contribution < -0.4 is 10.1 Å². The summed E-state index contributed by atoms with van der Waals surface area (Å²) in [7, 11) is 0. The van der Waals surface area contributed by atoms with Gasteiger partial charge < -0.3 is 10.1 Å². The summed E-state index contributed by atoms with van der Waals surface area (Å²) in [5.74, 6) is -1.28. The predicted molar refractivity (Wildman–Crippen MR) is 90.2 cm³/mol. The van der Waals surface area contributed by atoms with Gasteiger partial charge in [0.15, 0.2) is 6.61 Å². The van der Waals surface area contributed by atoms with Gasteiger partial charge in [-0.25, -0.2) is 8.78 Å². The Balaban J connectivity index is 1.64. The topological polar surface area (TPSA) is 51.2 Å². The number of pyridine rings is 1. The van der Waals surface area contributed by atoms with E-state index >= 15 is 0 Å². The second-order valence-corrected chi connectivity index (χ2v) is 5.57. The number of hydrogen-bond acceptors (Lipinski definition) is 3. The first-order chi connectivity index (χ1) is 12.0. The molecule has 0 aliphatic rings. The fourth-order valence-electron chi connectivity index (χ4n) is 2.55. The highest BCUT2D eigenvalue weighted by atomic mass is 19.1. The van der Waals surface area contributed by atoms with E-state index in [0.29, 0.717) is 11.3 Å². The lowest BCUT2D eigenvalue weighted by atomic mass is 10.1. The van der Waals surface area contributed by atoms with Crippen LogP contribution >= 0.6 is 0 Å². The lowest BCUT2D eigenvalue weighted by Gasteiger charge is -2.15. The van der Waals surface area contributed by atoms with Crippen molar-refractivity contribution in [2.45, 2.75) is 13.0 Å². The van der Waals surface area contributed by atoms with E-state index in [-0.39, 0.29) is 12.2 Å². The molecule has 4 nitrogen and oxygen atoms in total. The lowest BCUT2D eigenvalue weighted by molar-refractivity contribution is -0.123. The molecule has 128 valence electrons. The van der Waals surface area contributed by atoms with Crippen molar-refractivity contribution in [3.05, 3.63) is 71.9 Å². The van der Waals surface area contributed by atoms with E-state index in [9.17, 15) is 13.6 Å². The number of halogens is 2. The molecule has 0 aliphatic heterocycles. The summed E-state index contributed by atoms with van der Waals surface area (Å²) < 4.78 is 32.2. The van der Waals surface area contributed by atoms with Crippen molar-refractivity contribution < 1.29 is 18.3 Å². The van der Waals surface area contributed by atoms with Gasteiger partial charge in [-0.3, -0.25) is 9.78 Å². The molecular formula is C19H16F2N2O2. The SMILES string of the molecule is C[C@H](NC(=O)COc1cccc2cccnc12)c1ccc(F)cc1F. The molecule has 1 N–H and O–H groups in total. The van der Waals surface area contributed by atoms with Crippen molar-refractivity contribution in [3.63, 3.8) is 0 Å². The minimum Gasteiger partial charge on any atom is -0.481 e. The van der Waals surface area contributed by atoms with Crippen LogP contribution in [0.25, 0.3) is 10.9 Å². The Morgan fingerprint density at radius 3 is 2.80 bits per heavy atom. The molecule has 6 heteroatoms. The molecule has 1 heterocycles. The zero-order valence-corrected chi connectivity index (χ0v) is 13.5. The number of carbonyl (C=O) groups is 1. The number of para-hydroxylation sites is 1. The molecule has 1 amide bonds. The molecule has 3 aromatic rings. The number of ether oxygens (including phenoxy) is 1. The Morgan fingerprint density at radius 2 is 2.00 bits per heavy atom. The first-order valence-electron chi connectivity index (χ1n) is 7.75. The first-order valence-corrected chi connectivity index (χ1v) is 7.75. The fraction of sp³-hybridized carbons (Fsp3) is 0.158. The van der Waals surface area contributed by atoms with E-state index < -0.39 is 23.6 Å². The summed E-state index contributed by atoms with van der Waals surface area (Å²) in [6.45, 7) is 1.39. The second-order valence-electron chi connectivity index (χ2n) is 5.57. The Bertz CT molecular complexity index is 910. The summed E-state index contributed by atoms with van der Waals surface area (Å²) in [5, 5.41) is 3.53. The maximum atomic E-state index is 13.7. The van der Waals surface area contributed by atoms with E-state index in [1.54, 1.807) is 19.2 Å². The van der Waals surface area contributed by atoms with Gasteiger partial charge in [0.25, 0.3) is 5.91 Å². The number of nitrogens with zero attached hydrogens (tertiary/aromatic N) is 1. The lowest BCUT2D eigenvalue weighted by Crippen LogP contribution is -2.31. The minimum absolute atomic E-state index is 0.210. The summed E-state index contributed by atoms with van der Waals surface area (Å²) >= 11 is 0. The van der Waals surface area contributed by atoms with Crippen LogP contribution in [0, 0.1) is 11.6 Å². The van der Waals surface area contributed by atoms with E-state index in [1.807, 2.05) is 24.3 Å². The number of benzene rings is 2. The molecule has 0 bridgehead atoms. The minimum atomic E-state index is -0.702. The average molecular weight is 342 g/mol. The largest absolute Gasteiger partial charge is 0.481 e. The van der Waals surface area contributed by atoms with Crippen LogP contribution in [0.5, 0.6) is 5.75 Å². The third-order valence-corrected chi connectivity index (χ3v) is 3.76. The predicted octanol–water partition coefficient (Wildman–Crippen LogP) is 3.77. The van der Waals surface area contributed by atoms with Crippen LogP contribution in [0.3, 0.4) is 0 Å². The molecule has 0 saturated heterocycles. The highest BCUT2D eigenvalue weighted by molar-refractivity contribution is 5.85. The molecule has 0 saturated carbocycles. The molecule has 0 unspecified atom stereocenters. The molecule has 1 atom stereocenters. The zero-order chi connectivity index (χ0) is 17.8. The molecular weight excluding hydrogens is 326 g/mol. The maximum Gasteiger partial charge on any atom is 0.258 e. The zero-order valence-electron chi connectivity index (χ0n) is 13.5. The Kier molecular flexibility index (Phi) is 4.88. The number of hydrogen-bond donors (Lipinski definition) is 1. The van der Waals surface area contributed by atoms with Gasteiger partial charge in [-0.1, -0.05) is 24.3 Å². The van der Waals surface area contributed by atoms with Crippen LogP contribution in [-0.2, 0) is 4.79 Å². The van der Waals surface area contributed by atoms with E-state index in [4.69, 9.17) is 4.74 Å². The van der Waals surface area contributed by atoms with Gasteiger partial charge in [-0.05, 0) is 25.1 Å². The fourth-order valence-corrected chi connectivity index (χ4v) is 2.55. The summed E-state index contributed by atoms with van der Waals surface area (Å²) in [5.41, 5.74) is 0.872. The van der Waals surface area contributed by atoms with Gasteiger partial charge in [0, 0.05) is 23.2 Å². The molecule has 0 spiro atoms. The van der Waals surface area contributed by atoms with Crippen molar-refractivity contribution in [2.75, 3.05) is 6.61 Å². The first kappa shape index (κ1) is 16.8. The van der Waals surface area contributed by atoms with Crippen molar-refractivity contribution in [2.24, 2.45) is 0 Å². The highest BCUT2D eigenvalue weighted by Gasteiger charge is 2.15. The number of aromatic nitrogens is 1. The number of carbonyl (C=O) groups excluding carboxylic acids is 1. The Labute approximate surface area is 143 Å². The van der Waals surface area contributed by atoms with Crippen molar-refractivity contribution in [1.29, 1.82) is 0 Å². The van der Waals surface area contributed by atoms with Gasteiger partial charge in [0.05, 0.1) is 6.04 Å². The number of fused-ring (bicyclic) bond motifs is 1. The van der Waals surface area contributed by atoms with E-state index in [2.05, 4.69) is 10.3 Å². The van der Waals surface area contributed by atoms with Crippen LogP contribution in [0.4, 0.5) is 8.78 Å². The summed E-state index contributed by atoms with van der Waals surface area (Å²) in [6, 6.07) is 11.8. The third-order valence-electron chi connectivity index (χ3n) is 3.76. The molecule has 2 aromatic carbocycles. The normalized spacial score (nSPS) is 12.0. The van der Waals surface area contributed by atoms with E-state index in [0.717, 1.165) is 17.5 Å². The van der Waals surface area contributed by atoms with Crippen LogP contribution in [0.1, 0.15) is 18.5 Å². The highest BCUT2D eigenvalue weighted by Crippen LogP contribution is 2.23. The third kappa shape index (κ3) is 3.91. The molecule has 0 radical (unpaired) electrons. The molecule has 1 aromatic heterocycles. The van der Waals surface area contributed by atoms with Gasteiger partial charge >= 0.3 is 0 Å². The van der Waals surface area contributed by atoms with Gasteiger partial charge in [-0.2, -0.15) is 0 Å². The monoisotopic (exact) mass is 342 g/mol. The van der Waals surface area contributed by atoms with Crippen LogP contribution in [0.15, 0.2) is 54.7 Å². The summed E-state index contributed by atoms with van der Waals surface area (Å²) in [4.78, 5) is 16.3. The van der Waals surface area contributed by atoms with Gasteiger partial charge in [0.1, 0.15) is 22.9 Å². The van der Waals surface area contributed by atoms with Gasteiger partial charge in [-0.15, -0.1) is 0 Å². The Hall–Kier alpha value is -3.02. The quantitative estimate of drug-likeness (QED) is 0.768. The van der Waals surface area contributed by atoms with Crippen LogP contribution in [0.2, 0.25) is 0 Å². The van der Waals surface area contributed by atoms with Gasteiger partial charge in [0.2, 0.25) is 0 Å². The average Bonchev–Trinajstić information content (AvgIpc) is 2.59. The van der Waals surface area contributed by atoms with Crippen molar-refractivity contribution >= 4 is 16.8 Å². The Morgan fingerprint density at radius 1 is 1.20 bits per heavy atom. The summed E-state index contributed by atoms with van der Waals surface area (Å²) in [6.07, 6.45) is 1.65. The smallest absolute Gasteiger partial charge is 0.258 e. The van der Waals surface area contributed by atoms with E-state index in [1.165, 1.54) is 6.07 Å². The second kappa shape index (κ2) is 7.25. The molecule has 0 aliphatic carbocycles. The molecule has 0 fully saturated rings. The van der Waals surface area contributed by atoms with Crippen LogP contribution in [-0.4, -0.2) is 17.5 Å². The molecule has 3 rings (SSSR count). The van der Waals surface area contributed by atoms with Crippen molar-refractivity contribution in [3.8, 4) is 5.75 Å². The standard InChI is InChI=1S/C19H16F2N2O2/c1-12(15-8-7-14(20)10-16(15)21)23-18(24)11-25-17-6-2-4-13-5-3-9-22-19(13)17/h2-10,12H,11H2,1H3,(H,23,24)/t12-/m0/s1. The number of nitrogens with one attached hydrogen (secondary N) is 1. The number of amides is 1. The maximum absolute atomic E-state index is 13.7. The van der Waals surface area contributed by atoms with Crippen molar-refractivity contribution in [1.82, 2.24) is 10.3 Å².